The van der Waals surface area contributed by atoms with Crippen molar-refractivity contribution in [2.75, 3.05) is 50.6 Å². The minimum absolute atomic E-state index is 0.0258. The molecular formula is C24H25F2N3O4S. The lowest BCUT2D eigenvalue weighted by Crippen LogP contribution is -2.38. The van der Waals surface area contributed by atoms with Crippen LogP contribution in [0.15, 0.2) is 59.2 Å². The summed E-state index contributed by atoms with van der Waals surface area (Å²) in [6, 6.07) is 13.3. The van der Waals surface area contributed by atoms with E-state index in [1.165, 1.54) is 28.8 Å². The molecule has 4 rings (SSSR count). The van der Waals surface area contributed by atoms with Crippen LogP contribution < -0.4 is 14.4 Å². The van der Waals surface area contributed by atoms with E-state index < -0.39 is 6.61 Å². The topological polar surface area (TPSA) is 63.6 Å². The predicted octanol–water partition coefficient (Wildman–Crippen LogP) is 4.11. The van der Waals surface area contributed by atoms with Crippen LogP contribution in [-0.2, 0) is 9.53 Å². The highest BCUT2D eigenvalue weighted by Gasteiger charge is 2.32. The first-order chi connectivity index (χ1) is 16.5. The molecule has 1 saturated heterocycles. The number of amidine groups is 1. The molecule has 1 amide bonds. The Hall–Kier alpha value is -2.95. The van der Waals surface area contributed by atoms with Crippen LogP contribution in [0.25, 0.3) is 6.08 Å². The Bertz CT molecular complexity index is 1040. The second kappa shape index (κ2) is 11.5. The van der Waals surface area contributed by atoms with Crippen molar-refractivity contribution in [3.8, 4) is 11.5 Å². The third kappa shape index (κ3) is 6.13. The van der Waals surface area contributed by atoms with Gasteiger partial charge in [0.15, 0.2) is 5.17 Å². The van der Waals surface area contributed by atoms with E-state index >= 15 is 0 Å². The molecule has 0 saturated carbocycles. The van der Waals surface area contributed by atoms with Crippen molar-refractivity contribution in [2.45, 2.75) is 6.61 Å². The minimum Gasteiger partial charge on any atom is -0.497 e. The molecule has 2 aliphatic heterocycles. The van der Waals surface area contributed by atoms with E-state index in [0.29, 0.717) is 16.6 Å². The van der Waals surface area contributed by atoms with Gasteiger partial charge in [0.1, 0.15) is 17.2 Å². The number of halogens is 2. The van der Waals surface area contributed by atoms with E-state index in [-0.39, 0.29) is 11.7 Å². The molecule has 2 aromatic rings. The van der Waals surface area contributed by atoms with Crippen molar-refractivity contribution in [3.05, 3.63) is 59.8 Å². The van der Waals surface area contributed by atoms with E-state index in [0.717, 1.165) is 49.9 Å². The van der Waals surface area contributed by atoms with Gasteiger partial charge in [-0.25, -0.2) is 4.99 Å². The fourth-order valence-electron chi connectivity index (χ4n) is 3.55. The van der Waals surface area contributed by atoms with Crippen molar-refractivity contribution in [2.24, 2.45) is 4.99 Å². The smallest absolute Gasteiger partial charge is 0.387 e. The van der Waals surface area contributed by atoms with Crippen molar-refractivity contribution >= 4 is 34.6 Å². The van der Waals surface area contributed by atoms with Gasteiger partial charge in [-0.1, -0.05) is 23.9 Å². The number of hydrogen-bond donors (Lipinski definition) is 0. The number of amides is 1. The summed E-state index contributed by atoms with van der Waals surface area (Å²) >= 11 is 1.48. The zero-order chi connectivity index (χ0) is 23.9. The average Bonchev–Trinajstić information content (AvgIpc) is 3.15. The van der Waals surface area contributed by atoms with Gasteiger partial charge in [0.25, 0.3) is 5.91 Å². The number of carbonyl (C=O) groups is 1. The second-order valence-electron chi connectivity index (χ2n) is 7.51. The first kappa shape index (κ1) is 24.2. The van der Waals surface area contributed by atoms with E-state index in [4.69, 9.17) is 9.47 Å². The quantitative estimate of drug-likeness (QED) is 0.520. The van der Waals surface area contributed by atoms with Gasteiger partial charge in [0, 0.05) is 25.4 Å². The number of ether oxygens (including phenoxy) is 3. The van der Waals surface area contributed by atoms with Crippen LogP contribution in [0.4, 0.5) is 14.5 Å². The van der Waals surface area contributed by atoms with Crippen LogP contribution in [-0.4, -0.2) is 68.3 Å². The number of morpholine rings is 1. The molecule has 2 aromatic carbocycles. The third-order valence-electron chi connectivity index (χ3n) is 5.31. The summed E-state index contributed by atoms with van der Waals surface area (Å²) in [6.45, 7) is 1.13. The number of hydrogen-bond acceptors (Lipinski definition) is 7. The molecule has 1 fully saturated rings. The van der Waals surface area contributed by atoms with Crippen molar-refractivity contribution in [1.82, 2.24) is 4.90 Å². The number of carbonyl (C=O) groups excluding carboxylic acids is 1. The van der Waals surface area contributed by atoms with Crippen molar-refractivity contribution in [3.63, 3.8) is 0 Å². The van der Waals surface area contributed by atoms with Gasteiger partial charge in [0.05, 0.1) is 26.0 Å². The Labute approximate surface area is 201 Å². The molecule has 0 bridgehead atoms. The van der Waals surface area contributed by atoms with Gasteiger partial charge < -0.3 is 14.2 Å². The van der Waals surface area contributed by atoms with Gasteiger partial charge in [0.2, 0.25) is 0 Å². The molecule has 0 aromatic heterocycles. The Balaban J connectivity index is 1.54. The SMILES string of the molecule is COc1ccc(/C=C2\N=C(SCCN3CCOCC3)N(c3ccc(OC(F)F)cc3)C2=O)cc1. The van der Waals surface area contributed by atoms with Gasteiger partial charge in [-0.15, -0.1) is 0 Å². The number of benzene rings is 2. The summed E-state index contributed by atoms with van der Waals surface area (Å²) in [6.07, 6.45) is 1.72. The number of methoxy groups -OCH3 is 1. The van der Waals surface area contributed by atoms with E-state index in [9.17, 15) is 13.6 Å². The lowest BCUT2D eigenvalue weighted by atomic mass is 10.2. The molecular weight excluding hydrogens is 464 g/mol. The molecule has 34 heavy (non-hydrogen) atoms. The zero-order valence-electron chi connectivity index (χ0n) is 18.7. The summed E-state index contributed by atoms with van der Waals surface area (Å²) in [4.78, 5) is 21.7. The maximum Gasteiger partial charge on any atom is 0.387 e. The van der Waals surface area contributed by atoms with Crippen LogP contribution in [0.3, 0.4) is 0 Å². The molecule has 10 heteroatoms. The van der Waals surface area contributed by atoms with E-state index in [2.05, 4.69) is 14.6 Å². The molecule has 0 radical (unpaired) electrons. The first-order valence-corrected chi connectivity index (χ1v) is 11.8. The number of rotatable bonds is 8. The minimum atomic E-state index is -2.91. The van der Waals surface area contributed by atoms with Crippen molar-refractivity contribution in [1.29, 1.82) is 0 Å². The Kier molecular flexibility index (Phi) is 8.15. The maximum absolute atomic E-state index is 13.3. The van der Waals surface area contributed by atoms with Crippen LogP contribution in [0.5, 0.6) is 11.5 Å². The van der Waals surface area contributed by atoms with Crippen LogP contribution >= 0.6 is 11.8 Å². The Morgan fingerprint density at radius 1 is 1.09 bits per heavy atom. The second-order valence-corrected chi connectivity index (χ2v) is 8.57. The highest BCUT2D eigenvalue weighted by molar-refractivity contribution is 8.14. The van der Waals surface area contributed by atoms with Crippen LogP contribution in [0.1, 0.15) is 5.56 Å². The Morgan fingerprint density at radius 2 is 1.76 bits per heavy atom. The summed E-state index contributed by atoms with van der Waals surface area (Å²) in [5.74, 6) is 1.20. The Morgan fingerprint density at radius 3 is 2.41 bits per heavy atom. The summed E-state index contributed by atoms with van der Waals surface area (Å²) in [7, 11) is 1.59. The number of anilines is 1. The van der Waals surface area contributed by atoms with Crippen LogP contribution in [0, 0.1) is 0 Å². The molecule has 0 unspecified atom stereocenters. The third-order valence-corrected chi connectivity index (χ3v) is 6.23. The van der Waals surface area contributed by atoms with Gasteiger partial charge >= 0.3 is 6.61 Å². The largest absolute Gasteiger partial charge is 0.497 e. The van der Waals surface area contributed by atoms with Gasteiger partial charge in [-0.2, -0.15) is 8.78 Å². The fraction of sp³-hybridized carbons (Fsp3) is 0.333. The lowest BCUT2D eigenvalue weighted by Gasteiger charge is -2.26. The highest BCUT2D eigenvalue weighted by Crippen LogP contribution is 2.31. The molecule has 180 valence electrons. The molecule has 0 aliphatic carbocycles. The summed E-state index contributed by atoms with van der Waals surface area (Å²) < 4.78 is 40.0. The zero-order valence-corrected chi connectivity index (χ0v) is 19.5. The number of thioether (sulfide) groups is 1. The highest BCUT2D eigenvalue weighted by atomic mass is 32.2. The maximum atomic E-state index is 13.3. The molecule has 0 spiro atoms. The molecule has 0 N–H and O–H groups in total. The van der Waals surface area contributed by atoms with Gasteiger partial charge in [-0.05, 0) is 48.0 Å². The van der Waals surface area contributed by atoms with E-state index in [1.54, 1.807) is 25.3 Å². The van der Waals surface area contributed by atoms with E-state index in [1.807, 2.05) is 24.3 Å². The van der Waals surface area contributed by atoms with Gasteiger partial charge in [-0.3, -0.25) is 14.6 Å². The molecule has 2 aliphatic rings. The number of aliphatic imine (C=N–C) groups is 1. The first-order valence-electron chi connectivity index (χ1n) is 10.8. The lowest BCUT2D eigenvalue weighted by molar-refractivity contribution is -0.113. The molecule has 2 heterocycles. The normalized spacial score (nSPS) is 18.0. The number of nitrogens with zero attached hydrogens (tertiary/aromatic N) is 3. The van der Waals surface area contributed by atoms with Crippen molar-refractivity contribution < 1.29 is 27.8 Å². The number of alkyl halides is 2. The molecule has 0 atom stereocenters. The predicted molar refractivity (Wildman–Crippen MR) is 129 cm³/mol. The average molecular weight is 490 g/mol. The monoisotopic (exact) mass is 489 g/mol. The fourth-order valence-corrected chi connectivity index (χ4v) is 4.56. The summed E-state index contributed by atoms with van der Waals surface area (Å²) in [5.41, 5.74) is 1.64. The summed E-state index contributed by atoms with van der Waals surface area (Å²) in [5, 5.41) is 0.542. The van der Waals surface area contributed by atoms with Crippen LogP contribution in [0.2, 0.25) is 0 Å². The molecule has 7 nitrogen and oxygen atoms in total. The standard InChI is InChI=1S/C24H25F2N3O4S/c1-31-19-6-2-17(3-7-19)16-21-22(30)29(18-4-8-20(9-5-18)33-23(25)26)24(27-21)34-15-12-28-10-13-32-14-11-28/h2-9,16,23H,10-15H2,1H3/b21-16-.